The fourth-order valence-corrected chi connectivity index (χ4v) is 3.92. The van der Waals surface area contributed by atoms with Crippen LogP contribution in [0, 0.1) is 11.6 Å². The Kier molecular flexibility index (Phi) is 6.33. The summed E-state index contributed by atoms with van der Waals surface area (Å²) in [5.74, 6) is -1.71. The molecule has 0 aliphatic carbocycles. The second kappa shape index (κ2) is 9.33. The Labute approximate surface area is 185 Å². The molecule has 2 N–H and O–H groups in total. The molecule has 10 heteroatoms. The maximum absolute atomic E-state index is 13.5. The number of H-pyrrole nitrogens is 1. The maximum Gasteiger partial charge on any atom is 0.258 e. The molecule has 0 bridgehead atoms. The second-order valence-electron chi connectivity index (χ2n) is 7.05. The molecular formula is C22H19F2N5O2S. The zero-order chi connectivity index (χ0) is 22.7. The number of para-hydroxylation sites is 1. The van der Waals surface area contributed by atoms with Gasteiger partial charge in [-0.25, -0.2) is 18.7 Å². The first-order chi connectivity index (χ1) is 15.4. The van der Waals surface area contributed by atoms with E-state index in [4.69, 9.17) is 0 Å². The minimum absolute atomic E-state index is 0.0626. The summed E-state index contributed by atoms with van der Waals surface area (Å²) >= 11 is 1.19. The van der Waals surface area contributed by atoms with Crippen molar-refractivity contribution in [3.05, 3.63) is 75.7 Å². The van der Waals surface area contributed by atoms with E-state index in [0.29, 0.717) is 46.2 Å². The lowest BCUT2D eigenvalue weighted by molar-refractivity contribution is -0.117. The van der Waals surface area contributed by atoms with E-state index in [-0.39, 0.29) is 18.0 Å². The van der Waals surface area contributed by atoms with Crippen LogP contribution in [0.15, 0.2) is 52.6 Å². The van der Waals surface area contributed by atoms with Crippen LogP contribution >= 0.6 is 11.3 Å². The average molecular weight is 455 g/mol. The first-order valence-corrected chi connectivity index (χ1v) is 10.7. The smallest absolute Gasteiger partial charge is 0.258 e. The number of carbonyl (C=O) groups is 1. The van der Waals surface area contributed by atoms with E-state index in [1.807, 2.05) is 17.9 Å². The molecule has 4 rings (SSSR count). The summed E-state index contributed by atoms with van der Waals surface area (Å²) in [6, 6.07) is 10.6. The largest absolute Gasteiger partial charge is 0.309 e. The van der Waals surface area contributed by atoms with Crippen LogP contribution < -0.4 is 10.9 Å². The summed E-state index contributed by atoms with van der Waals surface area (Å²) in [5, 5.41) is 5.23. The number of nitrogens with one attached hydrogen (secondary N) is 2. The molecule has 0 atom stereocenters. The van der Waals surface area contributed by atoms with E-state index in [1.54, 1.807) is 23.6 Å². The van der Waals surface area contributed by atoms with Crippen LogP contribution in [-0.2, 0) is 11.3 Å². The molecule has 0 saturated heterocycles. The van der Waals surface area contributed by atoms with E-state index >= 15 is 0 Å². The molecule has 0 fully saturated rings. The Morgan fingerprint density at radius 2 is 1.97 bits per heavy atom. The number of benzene rings is 2. The molecule has 0 unspecified atom stereocenters. The fourth-order valence-electron chi connectivity index (χ4n) is 3.18. The van der Waals surface area contributed by atoms with Crippen LogP contribution in [0.3, 0.4) is 0 Å². The molecule has 7 nitrogen and oxygen atoms in total. The predicted molar refractivity (Wildman–Crippen MR) is 119 cm³/mol. The number of rotatable bonds is 7. The second-order valence-corrected chi connectivity index (χ2v) is 7.91. The summed E-state index contributed by atoms with van der Waals surface area (Å²) in [6.07, 6.45) is 0. The first-order valence-electron chi connectivity index (χ1n) is 9.84. The van der Waals surface area contributed by atoms with Gasteiger partial charge in [-0.3, -0.25) is 14.5 Å². The molecule has 0 radical (unpaired) electrons. The molecule has 2 aromatic carbocycles. The number of anilines is 1. The number of thiazole rings is 1. The Bertz CT molecular complexity index is 1340. The van der Waals surface area contributed by atoms with Crippen molar-refractivity contribution in [2.45, 2.75) is 13.5 Å². The third-order valence-electron chi connectivity index (χ3n) is 4.82. The van der Waals surface area contributed by atoms with Crippen molar-refractivity contribution >= 4 is 33.3 Å². The summed E-state index contributed by atoms with van der Waals surface area (Å²) in [4.78, 5) is 38.1. The highest BCUT2D eigenvalue weighted by Gasteiger charge is 2.14. The minimum Gasteiger partial charge on any atom is -0.309 e. The number of nitrogens with zero attached hydrogens (tertiary/aromatic N) is 3. The van der Waals surface area contributed by atoms with Crippen molar-refractivity contribution in [2.75, 3.05) is 18.4 Å². The monoisotopic (exact) mass is 455 g/mol. The summed E-state index contributed by atoms with van der Waals surface area (Å²) in [5.41, 5.74) is 1.23. The van der Waals surface area contributed by atoms with Gasteiger partial charge in [-0.1, -0.05) is 19.1 Å². The van der Waals surface area contributed by atoms with Gasteiger partial charge in [0.05, 0.1) is 29.7 Å². The SMILES string of the molecule is CCN(CC(=O)Nc1nc(-c2ccc(F)c(F)c2)cs1)Cc1nc2ccccc2c(=O)[nH]1. The Morgan fingerprint density at radius 1 is 1.16 bits per heavy atom. The van der Waals surface area contributed by atoms with E-state index in [1.165, 1.54) is 17.4 Å². The van der Waals surface area contributed by atoms with Crippen LogP contribution in [-0.4, -0.2) is 38.8 Å². The quantitative estimate of drug-likeness (QED) is 0.443. The lowest BCUT2D eigenvalue weighted by Gasteiger charge is -2.18. The van der Waals surface area contributed by atoms with Gasteiger partial charge >= 0.3 is 0 Å². The molecule has 0 spiro atoms. The normalized spacial score (nSPS) is 11.2. The lowest BCUT2D eigenvalue weighted by atomic mass is 10.2. The third kappa shape index (κ3) is 4.87. The zero-order valence-corrected chi connectivity index (χ0v) is 17.9. The highest BCUT2D eigenvalue weighted by molar-refractivity contribution is 7.14. The molecule has 164 valence electrons. The number of aromatic nitrogens is 3. The highest BCUT2D eigenvalue weighted by Crippen LogP contribution is 2.26. The number of carbonyl (C=O) groups excluding carboxylic acids is 1. The topological polar surface area (TPSA) is 91.0 Å². The number of aromatic amines is 1. The molecule has 2 heterocycles. The van der Waals surface area contributed by atoms with Crippen molar-refractivity contribution < 1.29 is 13.6 Å². The number of hydrogen-bond acceptors (Lipinski definition) is 6. The van der Waals surface area contributed by atoms with Gasteiger partial charge in [0.15, 0.2) is 16.8 Å². The number of fused-ring (bicyclic) bond motifs is 1. The highest BCUT2D eigenvalue weighted by atomic mass is 32.1. The Morgan fingerprint density at radius 3 is 2.75 bits per heavy atom. The van der Waals surface area contributed by atoms with E-state index < -0.39 is 11.6 Å². The van der Waals surface area contributed by atoms with Gasteiger partial charge in [0, 0.05) is 10.9 Å². The van der Waals surface area contributed by atoms with E-state index in [9.17, 15) is 18.4 Å². The van der Waals surface area contributed by atoms with Gasteiger partial charge in [-0.15, -0.1) is 11.3 Å². The van der Waals surface area contributed by atoms with Gasteiger partial charge in [0.2, 0.25) is 5.91 Å². The molecule has 2 aromatic heterocycles. The van der Waals surface area contributed by atoms with Crippen molar-refractivity contribution in [1.82, 2.24) is 19.9 Å². The van der Waals surface area contributed by atoms with Gasteiger partial charge < -0.3 is 10.3 Å². The number of likely N-dealkylation sites (N-methyl/N-ethyl adjacent to an activating group) is 1. The average Bonchev–Trinajstić information content (AvgIpc) is 3.23. The molecule has 1 amide bonds. The first kappa shape index (κ1) is 21.7. The van der Waals surface area contributed by atoms with Crippen molar-refractivity contribution in [2.24, 2.45) is 0 Å². The van der Waals surface area contributed by atoms with Gasteiger partial charge in [0.25, 0.3) is 5.56 Å². The fraction of sp³-hybridized carbons (Fsp3) is 0.182. The maximum atomic E-state index is 13.5. The molecule has 32 heavy (non-hydrogen) atoms. The van der Waals surface area contributed by atoms with Crippen molar-refractivity contribution in [3.63, 3.8) is 0 Å². The molecule has 0 saturated carbocycles. The standard InChI is InChI=1S/C22H19F2N5O2S/c1-2-29(10-19-25-17-6-4-3-5-14(17)21(31)27-19)11-20(30)28-22-26-18(12-32-22)13-7-8-15(23)16(24)9-13/h3-9,12H,2,10-11H2,1H3,(H,25,27,31)(H,26,28,30). The molecular weight excluding hydrogens is 436 g/mol. The Hall–Kier alpha value is -3.50. The number of amides is 1. The third-order valence-corrected chi connectivity index (χ3v) is 5.57. The van der Waals surface area contributed by atoms with Crippen LogP contribution in [0.4, 0.5) is 13.9 Å². The Balaban J connectivity index is 1.41. The van der Waals surface area contributed by atoms with Crippen molar-refractivity contribution in [3.8, 4) is 11.3 Å². The molecule has 4 aromatic rings. The number of halogens is 2. The van der Waals surface area contributed by atoms with E-state index in [2.05, 4.69) is 20.3 Å². The van der Waals surface area contributed by atoms with Crippen LogP contribution in [0.5, 0.6) is 0 Å². The van der Waals surface area contributed by atoms with Crippen LogP contribution in [0.2, 0.25) is 0 Å². The van der Waals surface area contributed by atoms with Crippen LogP contribution in [0.25, 0.3) is 22.2 Å². The van der Waals surface area contributed by atoms with E-state index in [0.717, 1.165) is 12.1 Å². The molecule has 0 aliphatic rings. The number of hydrogen-bond donors (Lipinski definition) is 2. The van der Waals surface area contributed by atoms with Crippen molar-refractivity contribution in [1.29, 1.82) is 0 Å². The van der Waals surface area contributed by atoms with Gasteiger partial charge in [0.1, 0.15) is 5.82 Å². The minimum atomic E-state index is -0.958. The predicted octanol–water partition coefficient (Wildman–Crippen LogP) is 3.79. The van der Waals surface area contributed by atoms with Gasteiger partial charge in [-0.05, 0) is 36.9 Å². The zero-order valence-electron chi connectivity index (χ0n) is 17.1. The lowest BCUT2D eigenvalue weighted by Crippen LogP contribution is -2.33. The summed E-state index contributed by atoms with van der Waals surface area (Å²) in [6.45, 7) is 2.81. The summed E-state index contributed by atoms with van der Waals surface area (Å²) < 4.78 is 26.6. The summed E-state index contributed by atoms with van der Waals surface area (Å²) in [7, 11) is 0. The van der Waals surface area contributed by atoms with Crippen LogP contribution in [0.1, 0.15) is 12.7 Å². The molecule has 0 aliphatic heterocycles. The van der Waals surface area contributed by atoms with Gasteiger partial charge in [-0.2, -0.15) is 0 Å².